The SMILES string of the molecule is COc1ccc(-c2cc3ncnn3c(Sc3ccc(/C=C/C(=O)O)cc3)n2)cc1OC. The van der Waals surface area contributed by atoms with Crippen LogP contribution in [0.2, 0.25) is 0 Å². The highest BCUT2D eigenvalue weighted by Gasteiger charge is 2.13. The topological polar surface area (TPSA) is 98.8 Å². The number of nitrogens with zero attached hydrogens (tertiary/aromatic N) is 4. The molecule has 0 aliphatic rings. The van der Waals surface area contributed by atoms with Gasteiger partial charge < -0.3 is 14.6 Å². The second-order valence-corrected chi connectivity index (χ2v) is 7.41. The summed E-state index contributed by atoms with van der Waals surface area (Å²) >= 11 is 1.43. The Balaban J connectivity index is 1.69. The van der Waals surface area contributed by atoms with Gasteiger partial charge in [-0.25, -0.2) is 14.8 Å². The van der Waals surface area contributed by atoms with E-state index in [9.17, 15) is 4.79 Å². The molecule has 2 aromatic carbocycles. The summed E-state index contributed by atoms with van der Waals surface area (Å²) in [5.41, 5.74) is 3.05. The van der Waals surface area contributed by atoms with Crippen LogP contribution in [0.15, 0.2) is 71.0 Å². The van der Waals surface area contributed by atoms with Crippen LogP contribution in [0.5, 0.6) is 11.5 Å². The summed E-state index contributed by atoms with van der Waals surface area (Å²) < 4.78 is 12.4. The molecule has 2 aromatic heterocycles. The molecule has 8 nitrogen and oxygen atoms in total. The van der Waals surface area contributed by atoms with Gasteiger partial charge in [0.25, 0.3) is 0 Å². The standard InChI is InChI=1S/C22H18N4O4S/c1-29-18-9-6-15(11-19(18)30-2)17-12-20-23-13-24-26(20)22(25-17)31-16-7-3-14(4-8-16)5-10-21(27)28/h3-13H,1-2H3,(H,27,28)/b10-5+. The van der Waals surface area contributed by atoms with Crippen molar-refractivity contribution in [2.75, 3.05) is 14.2 Å². The Labute approximate surface area is 182 Å². The molecular formula is C22H18N4O4S. The maximum atomic E-state index is 10.7. The summed E-state index contributed by atoms with van der Waals surface area (Å²) in [5, 5.41) is 13.7. The van der Waals surface area contributed by atoms with Gasteiger partial charge in [-0.1, -0.05) is 12.1 Å². The molecule has 0 unspecified atom stereocenters. The molecule has 31 heavy (non-hydrogen) atoms. The number of methoxy groups -OCH3 is 2. The summed E-state index contributed by atoms with van der Waals surface area (Å²) in [7, 11) is 3.18. The number of carbonyl (C=O) groups is 1. The largest absolute Gasteiger partial charge is 0.493 e. The van der Waals surface area contributed by atoms with Crippen LogP contribution in [0.4, 0.5) is 0 Å². The number of hydrogen-bond donors (Lipinski definition) is 1. The molecule has 0 spiro atoms. The minimum atomic E-state index is -0.983. The first-order valence-electron chi connectivity index (χ1n) is 9.19. The van der Waals surface area contributed by atoms with E-state index in [-0.39, 0.29) is 0 Å². The van der Waals surface area contributed by atoms with Crippen molar-refractivity contribution in [1.29, 1.82) is 0 Å². The van der Waals surface area contributed by atoms with Crippen LogP contribution in [0.3, 0.4) is 0 Å². The number of hydrogen-bond acceptors (Lipinski definition) is 7. The first kappa shape index (κ1) is 20.4. The van der Waals surface area contributed by atoms with E-state index in [1.54, 1.807) is 24.8 Å². The molecule has 0 atom stereocenters. The van der Waals surface area contributed by atoms with E-state index < -0.39 is 5.97 Å². The van der Waals surface area contributed by atoms with Gasteiger partial charge in [0, 0.05) is 22.6 Å². The van der Waals surface area contributed by atoms with Gasteiger partial charge in [0.05, 0.1) is 19.9 Å². The van der Waals surface area contributed by atoms with E-state index in [4.69, 9.17) is 19.6 Å². The number of fused-ring (bicyclic) bond motifs is 1. The molecule has 0 aliphatic heterocycles. The quantitative estimate of drug-likeness (QED) is 0.343. The summed E-state index contributed by atoms with van der Waals surface area (Å²) in [6.45, 7) is 0. The van der Waals surface area contributed by atoms with Crippen LogP contribution in [0.1, 0.15) is 5.56 Å². The summed E-state index contributed by atoms with van der Waals surface area (Å²) in [4.78, 5) is 20.7. The number of aromatic nitrogens is 4. The van der Waals surface area contributed by atoms with Crippen LogP contribution >= 0.6 is 11.8 Å². The first-order chi connectivity index (χ1) is 15.1. The smallest absolute Gasteiger partial charge is 0.328 e. The van der Waals surface area contributed by atoms with Crippen molar-refractivity contribution in [2.45, 2.75) is 10.1 Å². The molecule has 9 heteroatoms. The molecular weight excluding hydrogens is 416 g/mol. The van der Waals surface area contributed by atoms with E-state index in [0.29, 0.717) is 22.3 Å². The third-order valence-electron chi connectivity index (χ3n) is 4.42. The first-order valence-corrected chi connectivity index (χ1v) is 10.0. The number of ether oxygens (including phenoxy) is 2. The second-order valence-electron chi connectivity index (χ2n) is 6.37. The Kier molecular flexibility index (Phi) is 5.85. The average molecular weight is 434 g/mol. The van der Waals surface area contributed by atoms with Gasteiger partial charge >= 0.3 is 5.97 Å². The fourth-order valence-corrected chi connectivity index (χ4v) is 3.78. The van der Waals surface area contributed by atoms with Gasteiger partial charge in [0.2, 0.25) is 0 Å². The van der Waals surface area contributed by atoms with E-state index in [1.165, 1.54) is 18.1 Å². The maximum absolute atomic E-state index is 10.7. The van der Waals surface area contributed by atoms with Crippen molar-refractivity contribution in [3.63, 3.8) is 0 Å². The van der Waals surface area contributed by atoms with Gasteiger partial charge in [-0.3, -0.25) is 0 Å². The van der Waals surface area contributed by atoms with Crippen LogP contribution in [-0.4, -0.2) is 44.9 Å². The van der Waals surface area contributed by atoms with Gasteiger partial charge in [-0.2, -0.15) is 9.61 Å². The Bertz CT molecular complexity index is 1270. The van der Waals surface area contributed by atoms with Crippen molar-refractivity contribution in [3.8, 4) is 22.8 Å². The van der Waals surface area contributed by atoms with E-state index >= 15 is 0 Å². The van der Waals surface area contributed by atoms with Crippen molar-refractivity contribution >= 4 is 29.5 Å². The van der Waals surface area contributed by atoms with Crippen LogP contribution in [0, 0.1) is 0 Å². The van der Waals surface area contributed by atoms with Crippen molar-refractivity contribution in [1.82, 2.24) is 19.6 Å². The lowest BCUT2D eigenvalue weighted by Gasteiger charge is -2.11. The highest BCUT2D eigenvalue weighted by molar-refractivity contribution is 7.99. The highest BCUT2D eigenvalue weighted by atomic mass is 32.2. The molecule has 0 saturated carbocycles. The molecule has 156 valence electrons. The van der Waals surface area contributed by atoms with Crippen LogP contribution < -0.4 is 9.47 Å². The molecule has 0 aliphatic carbocycles. The number of benzene rings is 2. The molecule has 4 aromatic rings. The molecule has 1 N–H and O–H groups in total. The van der Waals surface area contributed by atoms with Crippen molar-refractivity contribution < 1.29 is 19.4 Å². The second kappa shape index (κ2) is 8.88. The summed E-state index contributed by atoms with van der Waals surface area (Å²) in [6.07, 6.45) is 4.14. The third kappa shape index (κ3) is 4.51. The van der Waals surface area contributed by atoms with Gasteiger partial charge in [0.15, 0.2) is 22.3 Å². The molecule has 0 bridgehead atoms. The predicted octanol–water partition coefficient (Wildman–Crippen LogP) is 4.06. The normalized spacial score (nSPS) is 11.2. The number of carboxylic acid groups (broad SMARTS) is 1. The zero-order valence-electron chi connectivity index (χ0n) is 16.7. The molecule has 0 saturated heterocycles. The number of rotatable bonds is 7. The van der Waals surface area contributed by atoms with Crippen molar-refractivity contribution in [2.24, 2.45) is 0 Å². The Morgan fingerprint density at radius 3 is 2.55 bits per heavy atom. The number of carboxylic acids is 1. The third-order valence-corrected chi connectivity index (χ3v) is 5.38. The Morgan fingerprint density at radius 2 is 1.84 bits per heavy atom. The molecule has 0 radical (unpaired) electrons. The molecule has 4 rings (SSSR count). The lowest BCUT2D eigenvalue weighted by atomic mass is 10.1. The van der Waals surface area contributed by atoms with E-state index in [0.717, 1.165) is 27.8 Å². The monoisotopic (exact) mass is 434 g/mol. The number of aliphatic carboxylic acids is 1. The highest BCUT2D eigenvalue weighted by Crippen LogP contribution is 2.34. The lowest BCUT2D eigenvalue weighted by Crippen LogP contribution is -1.99. The minimum Gasteiger partial charge on any atom is -0.493 e. The van der Waals surface area contributed by atoms with Crippen molar-refractivity contribution in [3.05, 3.63) is 66.5 Å². The zero-order valence-corrected chi connectivity index (χ0v) is 17.5. The van der Waals surface area contributed by atoms with Gasteiger partial charge in [-0.05, 0) is 53.7 Å². The maximum Gasteiger partial charge on any atom is 0.328 e. The lowest BCUT2D eigenvalue weighted by molar-refractivity contribution is -0.131. The van der Waals surface area contributed by atoms with Crippen LogP contribution in [0.25, 0.3) is 23.0 Å². The van der Waals surface area contributed by atoms with Crippen LogP contribution in [-0.2, 0) is 4.79 Å². The average Bonchev–Trinajstić information content (AvgIpc) is 3.27. The summed E-state index contributed by atoms with van der Waals surface area (Å²) in [5.74, 6) is 0.270. The van der Waals surface area contributed by atoms with E-state index in [2.05, 4.69) is 10.1 Å². The van der Waals surface area contributed by atoms with E-state index in [1.807, 2.05) is 48.5 Å². The fourth-order valence-electron chi connectivity index (χ4n) is 2.93. The molecule has 2 heterocycles. The zero-order chi connectivity index (χ0) is 21.8. The van der Waals surface area contributed by atoms with Gasteiger partial charge in [0.1, 0.15) is 6.33 Å². The molecule has 0 fully saturated rings. The fraction of sp³-hybridized carbons (Fsp3) is 0.0909. The Morgan fingerprint density at radius 1 is 1.06 bits per heavy atom. The Hall–Kier alpha value is -3.85. The molecule has 0 amide bonds. The summed E-state index contributed by atoms with van der Waals surface area (Å²) in [6, 6.07) is 15.0. The minimum absolute atomic E-state index is 0.613. The van der Waals surface area contributed by atoms with Gasteiger partial charge in [-0.15, -0.1) is 0 Å². The predicted molar refractivity (Wildman–Crippen MR) is 117 cm³/mol.